The number of carbonyl (C=O) groups is 2. The minimum atomic E-state index is -0.783. The van der Waals surface area contributed by atoms with Crippen molar-refractivity contribution in [3.63, 3.8) is 0 Å². The smallest absolute Gasteiger partial charge is 0.258 e. The van der Waals surface area contributed by atoms with Gasteiger partial charge in [0.1, 0.15) is 17.4 Å². The van der Waals surface area contributed by atoms with Gasteiger partial charge in [-0.3, -0.25) is 15.0 Å². The van der Waals surface area contributed by atoms with Gasteiger partial charge in [-0.15, -0.1) is 6.42 Å². The van der Waals surface area contributed by atoms with Crippen LogP contribution in [0.15, 0.2) is 60.7 Å². The SMILES string of the molecule is C#Cc1ccc(NC(=O)c2cc(OC)ccc2NC(=O)c2ccc(C(=N)N(C)C)cc2F)cc1. The van der Waals surface area contributed by atoms with Gasteiger partial charge in [0.15, 0.2) is 0 Å². The molecule has 0 aliphatic rings. The summed E-state index contributed by atoms with van der Waals surface area (Å²) in [6, 6.07) is 15.2. The Kier molecular flexibility index (Phi) is 7.29. The van der Waals surface area contributed by atoms with Crippen LogP contribution in [0.4, 0.5) is 15.8 Å². The lowest BCUT2D eigenvalue weighted by molar-refractivity contribution is 0.102. The van der Waals surface area contributed by atoms with Gasteiger partial charge >= 0.3 is 0 Å². The number of hydrogen-bond donors (Lipinski definition) is 3. The Labute approximate surface area is 197 Å². The van der Waals surface area contributed by atoms with E-state index < -0.39 is 17.6 Å². The van der Waals surface area contributed by atoms with Crippen LogP contribution in [0.1, 0.15) is 31.8 Å². The molecule has 0 saturated carbocycles. The van der Waals surface area contributed by atoms with Crippen LogP contribution in [-0.2, 0) is 0 Å². The summed E-state index contributed by atoms with van der Waals surface area (Å²) in [6.07, 6.45) is 5.35. The third-order valence-corrected chi connectivity index (χ3v) is 4.96. The minimum Gasteiger partial charge on any atom is -0.497 e. The van der Waals surface area contributed by atoms with Crippen molar-refractivity contribution >= 4 is 29.0 Å². The first-order chi connectivity index (χ1) is 16.2. The molecule has 3 rings (SSSR count). The Balaban J connectivity index is 1.87. The summed E-state index contributed by atoms with van der Waals surface area (Å²) in [5, 5.41) is 13.3. The molecule has 7 nitrogen and oxygen atoms in total. The maximum absolute atomic E-state index is 14.7. The molecule has 0 unspecified atom stereocenters. The van der Waals surface area contributed by atoms with Crippen LogP contribution in [0.2, 0.25) is 0 Å². The van der Waals surface area contributed by atoms with Crippen molar-refractivity contribution in [1.82, 2.24) is 4.90 Å². The van der Waals surface area contributed by atoms with Crippen molar-refractivity contribution in [3.8, 4) is 18.1 Å². The van der Waals surface area contributed by atoms with Gasteiger partial charge in [-0.1, -0.05) is 12.0 Å². The summed E-state index contributed by atoms with van der Waals surface area (Å²) >= 11 is 0. The lowest BCUT2D eigenvalue weighted by atomic mass is 10.1. The fourth-order valence-electron chi connectivity index (χ4n) is 3.09. The fourth-order valence-corrected chi connectivity index (χ4v) is 3.09. The molecule has 0 bridgehead atoms. The van der Waals surface area contributed by atoms with E-state index in [4.69, 9.17) is 16.6 Å². The first kappa shape index (κ1) is 24.0. The van der Waals surface area contributed by atoms with Crippen LogP contribution in [0.25, 0.3) is 0 Å². The number of hydrogen-bond acceptors (Lipinski definition) is 4. The standard InChI is InChI=1S/C26H23FN4O3/c1-5-16-6-9-18(10-7-16)29-26(33)21-15-19(34-4)11-13-23(21)30-25(32)20-12-8-17(14-22(20)27)24(28)31(2)3/h1,6-15,28H,2-4H3,(H,29,33)(H,30,32). The van der Waals surface area contributed by atoms with E-state index in [9.17, 15) is 14.0 Å². The van der Waals surface area contributed by atoms with E-state index in [1.54, 1.807) is 44.4 Å². The van der Waals surface area contributed by atoms with Crippen LogP contribution < -0.4 is 15.4 Å². The van der Waals surface area contributed by atoms with Crippen LogP contribution in [0.5, 0.6) is 5.75 Å². The van der Waals surface area contributed by atoms with E-state index in [1.807, 2.05) is 0 Å². The summed E-state index contributed by atoms with van der Waals surface area (Å²) in [6.45, 7) is 0. The van der Waals surface area contributed by atoms with Crippen molar-refractivity contribution in [3.05, 3.63) is 88.7 Å². The topological polar surface area (TPSA) is 94.5 Å². The van der Waals surface area contributed by atoms with E-state index in [0.717, 1.165) is 6.07 Å². The Morgan fingerprint density at radius 3 is 2.24 bits per heavy atom. The second kappa shape index (κ2) is 10.3. The summed E-state index contributed by atoms with van der Waals surface area (Å²) in [5.74, 6) is 0.989. The third kappa shape index (κ3) is 5.40. The molecule has 0 aromatic heterocycles. The average Bonchev–Trinajstić information content (AvgIpc) is 2.83. The van der Waals surface area contributed by atoms with Crippen molar-refractivity contribution in [2.45, 2.75) is 0 Å². The molecular formula is C26H23FN4O3. The molecule has 8 heteroatoms. The van der Waals surface area contributed by atoms with Crippen molar-refractivity contribution in [2.24, 2.45) is 0 Å². The molecule has 3 aromatic rings. The Hall–Kier alpha value is -4.64. The van der Waals surface area contributed by atoms with E-state index in [2.05, 4.69) is 16.6 Å². The lowest BCUT2D eigenvalue weighted by Gasteiger charge is -2.15. The lowest BCUT2D eigenvalue weighted by Crippen LogP contribution is -2.23. The number of terminal acetylenes is 1. The van der Waals surface area contributed by atoms with Crippen LogP contribution in [0, 0.1) is 23.6 Å². The number of ether oxygens (including phenoxy) is 1. The molecule has 3 aromatic carbocycles. The zero-order valence-corrected chi connectivity index (χ0v) is 18.9. The minimum absolute atomic E-state index is 0.107. The molecule has 0 saturated heterocycles. The van der Waals surface area contributed by atoms with E-state index in [1.165, 1.54) is 36.3 Å². The molecule has 0 aliphatic carbocycles. The number of carbonyl (C=O) groups excluding carboxylic acids is 2. The number of rotatable bonds is 6. The maximum Gasteiger partial charge on any atom is 0.258 e. The molecule has 0 heterocycles. The number of methoxy groups -OCH3 is 1. The van der Waals surface area contributed by atoms with Gasteiger partial charge in [-0.25, -0.2) is 4.39 Å². The number of amides is 2. The summed E-state index contributed by atoms with van der Waals surface area (Å²) in [7, 11) is 4.79. The molecule has 34 heavy (non-hydrogen) atoms. The Morgan fingerprint density at radius 1 is 0.971 bits per heavy atom. The molecule has 0 atom stereocenters. The second-order valence-corrected chi connectivity index (χ2v) is 7.48. The molecule has 0 fully saturated rings. The predicted octanol–water partition coefficient (Wildman–Crippen LogP) is 4.21. The maximum atomic E-state index is 14.7. The molecule has 2 amide bonds. The van der Waals surface area contributed by atoms with Gasteiger partial charge in [0.25, 0.3) is 11.8 Å². The number of amidine groups is 1. The molecule has 172 valence electrons. The largest absolute Gasteiger partial charge is 0.497 e. The highest BCUT2D eigenvalue weighted by molar-refractivity contribution is 6.13. The second-order valence-electron chi connectivity index (χ2n) is 7.48. The number of benzene rings is 3. The highest BCUT2D eigenvalue weighted by atomic mass is 19.1. The van der Waals surface area contributed by atoms with Gasteiger partial charge in [-0.2, -0.15) is 0 Å². The Bertz CT molecular complexity index is 1290. The van der Waals surface area contributed by atoms with Crippen molar-refractivity contribution in [2.75, 3.05) is 31.8 Å². The average molecular weight is 458 g/mol. The first-order valence-corrected chi connectivity index (χ1v) is 10.2. The van der Waals surface area contributed by atoms with Crippen LogP contribution in [0.3, 0.4) is 0 Å². The van der Waals surface area contributed by atoms with E-state index >= 15 is 0 Å². The summed E-state index contributed by atoms with van der Waals surface area (Å²) in [4.78, 5) is 27.3. The number of nitrogens with zero attached hydrogens (tertiary/aromatic N) is 1. The third-order valence-electron chi connectivity index (χ3n) is 4.96. The monoisotopic (exact) mass is 458 g/mol. The van der Waals surface area contributed by atoms with Gasteiger partial charge < -0.3 is 20.3 Å². The van der Waals surface area contributed by atoms with E-state index in [-0.39, 0.29) is 22.6 Å². The zero-order chi connectivity index (χ0) is 24.8. The molecule has 0 aliphatic heterocycles. The van der Waals surface area contributed by atoms with Crippen molar-refractivity contribution < 1.29 is 18.7 Å². The first-order valence-electron chi connectivity index (χ1n) is 10.2. The van der Waals surface area contributed by atoms with Crippen molar-refractivity contribution in [1.29, 1.82) is 5.41 Å². The fraction of sp³-hybridized carbons (Fsp3) is 0.115. The summed E-state index contributed by atoms with van der Waals surface area (Å²) < 4.78 is 19.9. The predicted molar refractivity (Wildman–Crippen MR) is 130 cm³/mol. The van der Waals surface area contributed by atoms with Gasteiger partial charge in [0, 0.05) is 30.9 Å². The van der Waals surface area contributed by atoms with E-state index in [0.29, 0.717) is 22.6 Å². The number of anilines is 2. The Morgan fingerprint density at radius 2 is 1.65 bits per heavy atom. The summed E-state index contributed by atoms with van der Waals surface area (Å²) in [5.41, 5.74) is 1.59. The zero-order valence-electron chi connectivity index (χ0n) is 18.9. The molecule has 3 N–H and O–H groups in total. The van der Waals surface area contributed by atoms with Crippen LogP contribution in [-0.4, -0.2) is 43.8 Å². The quantitative estimate of drug-likeness (QED) is 0.293. The number of nitrogens with one attached hydrogen (secondary N) is 3. The van der Waals surface area contributed by atoms with Crippen LogP contribution >= 0.6 is 0 Å². The highest BCUT2D eigenvalue weighted by Gasteiger charge is 2.19. The van der Waals surface area contributed by atoms with Gasteiger partial charge in [0.2, 0.25) is 0 Å². The molecular weight excluding hydrogens is 435 g/mol. The van der Waals surface area contributed by atoms with Gasteiger partial charge in [0.05, 0.1) is 23.9 Å². The molecule has 0 spiro atoms. The highest BCUT2D eigenvalue weighted by Crippen LogP contribution is 2.25. The normalized spacial score (nSPS) is 10.1. The molecule has 0 radical (unpaired) electrons. The number of halogens is 1. The van der Waals surface area contributed by atoms with Gasteiger partial charge in [-0.05, 0) is 54.6 Å².